The number of thiocarbonyl (C=S) groups is 1. The number of nitrogens with one attached hydrogen (secondary N) is 1. The Morgan fingerprint density at radius 2 is 1.69 bits per heavy atom. The zero-order valence-corrected chi connectivity index (χ0v) is 15.9. The summed E-state index contributed by atoms with van der Waals surface area (Å²) in [5, 5.41) is 2.60. The van der Waals surface area contributed by atoms with Crippen molar-refractivity contribution in [2.45, 2.75) is 6.61 Å². The van der Waals surface area contributed by atoms with E-state index in [4.69, 9.17) is 26.4 Å². The summed E-state index contributed by atoms with van der Waals surface area (Å²) in [6.45, 7) is 0.389. The van der Waals surface area contributed by atoms with Crippen molar-refractivity contribution in [3.8, 4) is 17.2 Å². The molecule has 1 aliphatic heterocycles. The second kappa shape index (κ2) is 8.25. The van der Waals surface area contributed by atoms with Gasteiger partial charge in [0.1, 0.15) is 28.2 Å². The monoisotopic (exact) mass is 387 g/mol. The third-order valence-electron chi connectivity index (χ3n) is 3.64. The Hall–Kier alpha value is -2.51. The lowest BCUT2D eigenvalue weighted by Gasteiger charge is -2.10. The first-order valence-corrected chi connectivity index (χ1v) is 8.99. The van der Waals surface area contributed by atoms with E-state index in [2.05, 4.69) is 5.32 Å². The van der Waals surface area contributed by atoms with E-state index >= 15 is 0 Å². The molecule has 0 unspecified atom stereocenters. The van der Waals surface area contributed by atoms with Gasteiger partial charge in [-0.2, -0.15) is 0 Å². The van der Waals surface area contributed by atoms with Gasteiger partial charge in [0.05, 0.1) is 19.1 Å². The van der Waals surface area contributed by atoms with E-state index in [0.717, 1.165) is 28.4 Å². The van der Waals surface area contributed by atoms with Crippen LogP contribution in [0.15, 0.2) is 47.4 Å². The molecule has 1 aliphatic rings. The number of carbonyl (C=O) groups excluding carboxylic acids is 1. The lowest BCUT2D eigenvalue weighted by atomic mass is 10.2. The summed E-state index contributed by atoms with van der Waals surface area (Å²) in [6, 6.07) is 13.1. The van der Waals surface area contributed by atoms with Crippen molar-refractivity contribution in [2.24, 2.45) is 0 Å². The topological polar surface area (TPSA) is 56.8 Å². The number of benzene rings is 2. The molecule has 26 heavy (non-hydrogen) atoms. The number of carbonyl (C=O) groups is 1. The average molecular weight is 387 g/mol. The van der Waals surface area contributed by atoms with E-state index in [9.17, 15) is 4.79 Å². The molecule has 0 saturated carbocycles. The molecule has 1 saturated heterocycles. The van der Waals surface area contributed by atoms with Gasteiger partial charge in [-0.25, -0.2) is 0 Å². The summed E-state index contributed by atoms with van der Waals surface area (Å²) < 4.78 is 16.8. The summed E-state index contributed by atoms with van der Waals surface area (Å²) in [7, 11) is 3.23. The molecule has 5 nitrogen and oxygen atoms in total. The van der Waals surface area contributed by atoms with E-state index in [1.165, 1.54) is 11.8 Å². The van der Waals surface area contributed by atoms with Gasteiger partial charge >= 0.3 is 0 Å². The molecular weight excluding hydrogens is 370 g/mol. The van der Waals surface area contributed by atoms with Crippen molar-refractivity contribution in [3.05, 3.63) is 58.5 Å². The van der Waals surface area contributed by atoms with E-state index in [1.54, 1.807) is 20.3 Å². The maximum atomic E-state index is 11.7. The minimum Gasteiger partial charge on any atom is -0.497 e. The number of amides is 1. The third-order valence-corrected chi connectivity index (χ3v) is 4.80. The van der Waals surface area contributed by atoms with Gasteiger partial charge in [0.15, 0.2) is 0 Å². The average Bonchev–Trinajstić information content (AvgIpc) is 2.97. The highest BCUT2D eigenvalue weighted by Crippen LogP contribution is 2.27. The van der Waals surface area contributed by atoms with E-state index in [-0.39, 0.29) is 5.91 Å². The normalized spacial score (nSPS) is 15.1. The minimum atomic E-state index is -0.160. The lowest BCUT2D eigenvalue weighted by Crippen LogP contribution is -2.17. The van der Waals surface area contributed by atoms with Gasteiger partial charge < -0.3 is 19.5 Å². The van der Waals surface area contributed by atoms with Crippen molar-refractivity contribution in [2.75, 3.05) is 14.2 Å². The van der Waals surface area contributed by atoms with Crippen LogP contribution in [-0.2, 0) is 11.4 Å². The largest absolute Gasteiger partial charge is 0.497 e. The van der Waals surface area contributed by atoms with E-state index in [1.807, 2.05) is 42.5 Å². The number of hydrogen-bond acceptors (Lipinski definition) is 6. The van der Waals surface area contributed by atoms with Crippen molar-refractivity contribution in [1.82, 2.24) is 5.32 Å². The molecule has 1 amide bonds. The number of methoxy groups -OCH3 is 2. The Bertz CT molecular complexity index is 840. The summed E-state index contributed by atoms with van der Waals surface area (Å²) in [6.07, 6.45) is 1.80. The van der Waals surface area contributed by atoms with Crippen molar-refractivity contribution >= 4 is 40.3 Å². The predicted octanol–water partition coefficient (Wildman–Crippen LogP) is 3.77. The number of rotatable bonds is 6. The molecule has 134 valence electrons. The van der Waals surface area contributed by atoms with Gasteiger partial charge in [-0.1, -0.05) is 36.1 Å². The van der Waals surface area contributed by atoms with Crippen LogP contribution in [0.4, 0.5) is 0 Å². The van der Waals surface area contributed by atoms with Gasteiger partial charge in [-0.3, -0.25) is 4.79 Å². The van der Waals surface area contributed by atoms with Crippen molar-refractivity contribution < 1.29 is 19.0 Å². The van der Waals surface area contributed by atoms with Crippen LogP contribution in [0.5, 0.6) is 17.2 Å². The van der Waals surface area contributed by atoms with Crippen molar-refractivity contribution in [1.29, 1.82) is 0 Å². The Morgan fingerprint density at radius 1 is 1.04 bits per heavy atom. The fraction of sp³-hybridized carbons (Fsp3) is 0.158. The first-order chi connectivity index (χ1) is 12.6. The van der Waals surface area contributed by atoms with Gasteiger partial charge in [-0.05, 0) is 41.5 Å². The Morgan fingerprint density at radius 3 is 2.23 bits per heavy atom. The molecule has 0 aromatic heterocycles. The highest BCUT2D eigenvalue weighted by atomic mass is 32.2. The van der Waals surface area contributed by atoms with Crippen LogP contribution in [0, 0.1) is 0 Å². The molecule has 0 atom stereocenters. The first-order valence-electron chi connectivity index (χ1n) is 7.77. The number of ether oxygens (including phenoxy) is 3. The molecule has 0 spiro atoms. The zero-order valence-electron chi connectivity index (χ0n) is 14.3. The molecule has 0 radical (unpaired) electrons. The van der Waals surface area contributed by atoms with Crippen LogP contribution < -0.4 is 19.5 Å². The van der Waals surface area contributed by atoms with Gasteiger partial charge in [0.2, 0.25) is 0 Å². The highest BCUT2D eigenvalue weighted by molar-refractivity contribution is 8.26. The van der Waals surface area contributed by atoms with Gasteiger partial charge in [0, 0.05) is 6.07 Å². The van der Waals surface area contributed by atoms with Crippen LogP contribution in [-0.4, -0.2) is 24.4 Å². The summed E-state index contributed by atoms with van der Waals surface area (Å²) >= 11 is 6.24. The Labute approximate surface area is 161 Å². The van der Waals surface area contributed by atoms with Crippen LogP contribution in [0.25, 0.3) is 6.08 Å². The van der Waals surface area contributed by atoms with Gasteiger partial charge in [0.25, 0.3) is 5.91 Å². The van der Waals surface area contributed by atoms with Crippen LogP contribution in [0.2, 0.25) is 0 Å². The smallest absolute Gasteiger partial charge is 0.263 e. The van der Waals surface area contributed by atoms with E-state index < -0.39 is 0 Å². The maximum absolute atomic E-state index is 11.7. The summed E-state index contributed by atoms with van der Waals surface area (Å²) in [5.74, 6) is 2.01. The molecule has 2 aromatic rings. The standard InChI is InChI=1S/C19H17NO4S2/c1-22-15-7-13(8-16(10-15)23-2)11-24-14-5-3-12(4-6-14)9-17-18(21)20-19(25)26-17/h3-10H,11H2,1-2H3,(H,20,21,25)/b17-9+. The van der Waals surface area contributed by atoms with Crippen LogP contribution in [0.1, 0.15) is 11.1 Å². The summed E-state index contributed by atoms with van der Waals surface area (Å²) in [5.41, 5.74) is 1.85. The van der Waals surface area contributed by atoms with Crippen LogP contribution >= 0.6 is 24.0 Å². The molecular formula is C19H17NO4S2. The first kappa shape index (κ1) is 18.3. The quantitative estimate of drug-likeness (QED) is 0.601. The molecule has 0 aliphatic carbocycles. The second-order valence-electron chi connectivity index (χ2n) is 5.43. The second-order valence-corrected chi connectivity index (χ2v) is 7.15. The summed E-state index contributed by atoms with van der Waals surface area (Å²) in [4.78, 5) is 12.3. The Balaban J connectivity index is 1.66. The fourth-order valence-corrected chi connectivity index (χ4v) is 3.39. The molecule has 1 N–H and O–H groups in total. The number of thioether (sulfide) groups is 1. The fourth-order valence-electron chi connectivity index (χ4n) is 2.35. The molecule has 3 rings (SSSR count). The van der Waals surface area contributed by atoms with Gasteiger partial charge in [-0.15, -0.1) is 0 Å². The molecule has 2 aromatic carbocycles. The Kier molecular flexibility index (Phi) is 5.80. The maximum Gasteiger partial charge on any atom is 0.263 e. The number of hydrogen-bond donors (Lipinski definition) is 1. The van der Waals surface area contributed by atoms with Crippen LogP contribution in [0.3, 0.4) is 0 Å². The SMILES string of the molecule is COc1cc(COc2ccc(/C=C3/SC(=S)NC3=O)cc2)cc(OC)c1. The van der Waals surface area contributed by atoms with Crippen molar-refractivity contribution in [3.63, 3.8) is 0 Å². The van der Waals surface area contributed by atoms with E-state index in [0.29, 0.717) is 15.8 Å². The zero-order chi connectivity index (χ0) is 18.5. The molecule has 7 heteroatoms. The predicted molar refractivity (Wildman–Crippen MR) is 107 cm³/mol. The molecule has 0 bridgehead atoms. The lowest BCUT2D eigenvalue weighted by molar-refractivity contribution is -0.115. The molecule has 1 fully saturated rings. The highest BCUT2D eigenvalue weighted by Gasteiger charge is 2.21. The third kappa shape index (κ3) is 4.56. The minimum absolute atomic E-state index is 0.160. The molecule has 1 heterocycles.